The topological polar surface area (TPSA) is 81.4 Å². The second kappa shape index (κ2) is 9.47. The number of fused-ring (bicyclic) bond motifs is 1. The molecule has 0 spiro atoms. The van der Waals surface area contributed by atoms with Crippen molar-refractivity contribution < 1.29 is 14.3 Å². The molecule has 1 unspecified atom stereocenters. The number of anilines is 2. The van der Waals surface area contributed by atoms with Gasteiger partial charge in [-0.2, -0.15) is 0 Å². The Kier molecular flexibility index (Phi) is 7.02. The van der Waals surface area contributed by atoms with Crippen LogP contribution < -0.4 is 11.1 Å². The fourth-order valence-electron chi connectivity index (χ4n) is 3.30. The van der Waals surface area contributed by atoms with Gasteiger partial charge in [-0.25, -0.2) is 4.79 Å². The molecule has 1 amide bonds. The zero-order chi connectivity index (χ0) is 20.1. The molecule has 3 rings (SSSR count). The molecule has 28 heavy (non-hydrogen) atoms. The number of carbonyl (C=O) groups excluding carboxylic acids is 2. The average molecular weight is 419 g/mol. The molecule has 5 nitrogen and oxygen atoms in total. The van der Waals surface area contributed by atoms with Gasteiger partial charge in [0.2, 0.25) is 5.91 Å². The van der Waals surface area contributed by atoms with Crippen LogP contribution in [0.2, 0.25) is 0 Å². The van der Waals surface area contributed by atoms with E-state index < -0.39 is 0 Å². The van der Waals surface area contributed by atoms with Gasteiger partial charge in [0.05, 0.1) is 17.4 Å². The number of nitrogen functional groups attached to an aromatic ring is 1. The fraction of sp³-hybridized carbons (Fsp3) is 0.429. The third kappa shape index (κ3) is 4.70. The van der Waals surface area contributed by atoms with Crippen LogP contribution >= 0.6 is 23.1 Å². The minimum Gasteiger partial charge on any atom is -0.462 e. The molecular formula is C21H26N2O3S2. The van der Waals surface area contributed by atoms with E-state index in [-0.39, 0.29) is 17.1 Å². The normalized spacial score (nSPS) is 14.2. The molecule has 0 fully saturated rings. The average Bonchev–Trinajstić information content (AvgIpc) is 3.05. The van der Waals surface area contributed by atoms with Gasteiger partial charge in [0, 0.05) is 15.5 Å². The van der Waals surface area contributed by atoms with Gasteiger partial charge in [-0.3, -0.25) is 4.79 Å². The van der Waals surface area contributed by atoms with Crippen LogP contribution in [0.4, 0.5) is 10.7 Å². The summed E-state index contributed by atoms with van der Waals surface area (Å²) in [6, 6.07) is 7.51. The zero-order valence-corrected chi connectivity index (χ0v) is 17.9. The molecule has 1 atom stereocenters. The van der Waals surface area contributed by atoms with Crippen molar-refractivity contribution in [1.29, 1.82) is 0 Å². The summed E-state index contributed by atoms with van der Waals surface area (Å²) < 4.78 is 5.27. The number of hydrogen-bond acceptors (Lipinski definition) is 6. The van der Waals surface area contributed by atoms with Gasteiger partial charge in [-0.1, -0.05) is 6.92 Å². The van der Waals surface area contributed by atoms with Gasteiger partial charge < -0.3 is 15.8 Å². The lowest BCUT2D eigenvalue weighted by atomic mass is 9.95. The van der Waals surface area contributed by atoms with Crippen LogP contribution in [0.5, 0.6) is 0 Å². The summed E-state index contributed by atoms with van der Waals surface area (Å²) in [4.78, 5) is 27.7. The fourth-order valence-corrected chi connectivity index (χ4v) is 5.53. The number of nitrogens with two attached hydrogens (primary N) is 1. The second-order valence-corrected chi connectivity index (χ2v) is 9.09. The Morgan fingerprint density at radius 2 is 1.93 bits per heavy atom. The summed E-state index contributed by atoms with van der Waals surface area (Å²) in [5.41, 5.74) is 8.05. The monoisotopic (exact) mass is 418 g/mol. The lowest BCUT2D eigenvalue weighted by molar-refractivity contribution is -0.115. The molecule has 0 aliphatic heterocycles. The highest BCUT2D eigenvalue weighted by molar-refractivity contribution is 8.00. The lowest BCUT2D eigenvalue weighted by Crippen LogP contribution is -2.25. The van der Waals surface area contributed by atoms with Crippen molar-refractivity contribution in [3.05, 3.63) is 40.3 Å². The van der Waals surface area contributed by atoms with Crippen molar-refractivity contribution in [3.63, 3.8) is 0 Å². The van der Waals surface area contributed by atoms with Crippen LogP contribution in [-0.2, 0) is 22.4 Å². The van der Waals surface area contributed by atoms with Gasteiger partial charge in [0.1, 0.15) is 5.00 Å². The van der Waals surface area contributed by atoms with E-state index in [0.717, 1.165) is 36.1 Å². The van der Waals surface area contributed by atoms with E-state index in [1.165, 1.54) is 28.0 Å². The van der Waals surface area contributed by atoms with Crippen LogP contribution in [0.1, 0.15) is 53.9 Å². The molecule has 2 aromatic rings. The zero-order valence-electron chi connectivity index (χ0n) is 16.2. The number of amides is 1. The molecule has 1 aromatic carbocycles. The number of carbonyl (C=O) groups is 2. The summed E-state index contributed by atoms with van der Waals surface area (Å²) in [5, 5.41) is 3.40. The molecule has 1 aliphatic rings. The van der Waals surface area contributed by atoms with Gasteiger partial charge in [-0.05, 0) is 68.9 Å². The number of rotatable bonds is 7. The Balaban J connectivity index is 1.80. The SMILES string of the molecule is CCOC(=O)c1c(NC(=O)C(CC)Sc2ccc(N)cc2)sc2c1CCCC2. The standard InChI is InChI=1S/C21H26N2O3S2/c1-3-16(27-14-11-9-13(22)10-12-14)19(24)23-20-18(21(25)26-4-2)15-7-5-6-8-17(15)28-20/h9-12,16H,3-8,22H2,1-2H3,(H,23,24). The van der Waals surface area contributed by atoms with Crippen LogP contribution in [-0.4, -0.2) is 23.7 Å². The third-order valence-electron chi connectivity index (χ3n) is 4.71. The van der Waals surface area contributed by atoms with Crippen LogP contribution in [0, 0.1) is 0 Å². The summed E-state index contributed by atoms with van der Waals surface area (Å²) in [6.07, 6.45) is 4.69. The maximum Gasteiger partial charge on any atom is 0.341 e. The number of benzene rings is 1. The minimum absolute atomic E-state index is 0.0894. The predicted octanol–water partition coefficient (Wildman–Crippen LogP) is 4.90. The predicted molar refractivity (Wildman–Crippen MR) is 116 cm³/mol. The van der Waals surface area contributed by atoms with E-state index in [2.05, 4.69) is 5.32 Å². The number of thioether (sulfide) groups is 1. The van der Waals surface area contributed by atoms with Crippen molar-refractivity contribution in [3.8, 4) is 0 Å². The van der Waals surface area contributed by atoms with Gasteiger partial charge in [0.15, 0.2) is 0 Å². The highest BCUT2D eigenvalue weighted by Crippen LogP contribution is 2.39. The molecule has 1 heterocycles. The summed E-state index contributed by atoms with van der Waals surface area (Å²) >= 11 is 3.03. The first kappa shape index (κ1) is 20.7. The Morgan fingerprint density at radius 3 is 2.61 bits per heavy atom. The second-order valence-electron chi connectivity index (χ2n) is 6.71. The first-order chi connectivity index (χ1) is 13.5. The molecule has 0 saturated heterocycles. The van der Waals surface area contributed by atoms with Crippen LogP contribution in [0.25, 0.3) is 0 Å². The lowest BCUT2D eigenvalue weighted by Gasteiger charge is -2.15. The molecule has 0 saturated carbocycles. The number of hydrogen-bond donors (Lipinski definition) is 2. The number of aryl methyl sites for hydroxylation is 1. The summed E-state index contributed by atoms with van der Waals surface area (Å²) in [6.45, 7) is 4.10. The molecule has 150 valence electrons. The molecule has 0 radical (unpaired) electrons. The van der Waals surface area contributed by atoms with Gasteiger partial charge in [-0.15, -0.1) is 23.1 Å². The van der Waals surface area contributed by atoms with E-state index in [9.17, 15) is 9.59 Å². The van der Waals surface area contributed by atoms with Crippen molar-refractivity contribution in [2.45, 2.75) is 56.1 Å². The first-order valence-corrected chi connectivity index (χ1v) is 11.4. The van der Waals surface area contributed by atoms with Gasteiger partial charge in [0.25, 0.3) is 0 Å². The van der Waals surface area contributed by atoms with E-state index >= 15 is 0 Å². The van der Waals surface area contributed by atoms with E-state index in [4.69, 9.17) is 10.5 Å². The molecule has 7 heteroatoms. The minimum atomic E-state index is -0.337. The number of ether oxygens (including phenoxy) is 1. The highest BCUT2D eigenvalue weighted by Gasteiger charge is 2.28. The first-order valence-electron chi connectivity index (χ1n) is 9.68. The molecule has 1 aliphatic carbocycles. The summed E-state index contributed by atoms with van der Waals surface area (Å²) in [5.74, 6) is -0.426. The maximum atomic E-state index is 13.0. The smallest absolute Gasteiger partial charge is 0.341 e. The summed E-state index contributed by atoms with van der Waals surface area (Å²) in [7, 11) is 0. The number of nitrogens with one attached hydrogen (secondary N) is 1. The van der Waals surface area contributed by atoms with E-state index in [0.29, 0.717) is 29.3 Å². The van der Waals surface area contributed by atoms with Gasteiger partial charge >= 0.3 is 5.97 Å². The highest BCUT2D eigenvalue weighted by atomic mass is 32.2. The third-order valence-corrected chi connectivity index (χ3v) is 7.29. The largest absolute Gasteiger partial charge is 0.462 e. The number of thiophene rings is 1. The van der Waals surface area contributed by atoms with E-state index in [1.54, 1.807) is 6.92 Å². The van der Waals surface area contributed by atoms with Crippen molar-refractivity contribution in [2.75, 3.05) is 17.7 Å². The van der Waals surface area contributed by atoms with E-state index in [1.807, 2.05) is 31.2 Å². The molecular weight excluding hydrogens is 392 g/mol. The number of esters is 1. The van der Waals surface area contributed by atoms with Crippen LogP contribution in [0.3, 0.4) is 0 Å². The Bertz CT molecular complexity index is 846. The molecule has 3 N–H and O–H groups in total. The quantitative estimate of drug-likeness (QED) is 0.380. The Morgan fingerprint density at radius 1 is 1.21 bits per heavy atom. The van der Waals surface area contributed by atoms with Crippen molar-refractivity contribution in [2.24, 2.45) is 0 Å². The molecule has 0 bridgehead atoms. The van der Waals surface area contributed by atoms with Crippen LogP contribution in [0.15, 0.2) is 29.2 Å². The van der Waals surface area contributed by atoms with Crippen molar-refractivity contribution in [1.82, 2.24) is 0 Å². The molecule has 1 aromatic heterocycles. The maximum absolute atomic E-state index is 13.0. The Hall–Kier alpha value is -1.99. The van der Waals surface area contributed by atoms with Crippen molar-refractivity contribution >= 4 is 45.7 Å². The Labute approximate surface area is 174 Å².